The molecule has 4 rings (SSSR count). The summed E-state index contributed by atoms with van der Waals surface area (Å²) in [5, 5.41) is 0. The van der Waals surface area contributed by atoms with Crippen molar-refractivity contribution in [3.63, 3.8) is 0 Å². The summed E-state index contributed by atoms with van der Waals surface area (Å²) in [5.74, 6) is 1.55. The second-order valence-electron chi connectivity index (χ2n) is 7.03. The fourth-order valence-corrected chi connectivity index (χ4v) is 3.44. The van der Waals surface area contributed by atoms with E-state index in [1.54, 1.807) is 12.0 Å². The SMILES string of the molecule is COCCN1C(=O)COCC1c1ccc(-c2ccc(Oc3ccccc3)cc2)nc1. The van der Waals surface area contributed by atoms with Crippen LogP contribution in [0.5, 0.6) is 11.5 Å². The predicted molar refractivity (Wildman–Crippen MR) is 113 cm³/mol. The molecule has 6 nitrogen and oxygen atoms in total. The van der Waals surface area contributed by atoms with Crippen LogP contribution < -0.4 is 4.74 Å². The van der Waals surface area contributed by atoms with Gasteiger partial charge in [0.25, 0.3) is 0 Å². The van der Waals surface area contributed by atoms with Gasteiger partial charge in [0.05, 0.1) is 24.9 Å². The van der Waals surface area contributed by atoms with Crippen LogP contribution in [0.25, 0.3) is 11.3 Å². The Morgan fingerprint density at radius 2 is 1.80 bits per heavy atom. The summed E-state index contributed by atoms with van der Waals surface area (Å²) in [6, 6.07) is 21.3. The number of nitrogens with zero attached hydrogens (tertiary/aromatic N) is 2. The Bertz CT molecular complexity index is 959. The first-order valence-corrected chi connectivity index (χ1v) is 9.90. The third kappa shape index (κ3) is 4.67. The highest BCUT2D eigenvalue weighted by molar-refractivity contribution is 5.78. The summed E-state index contributed by atoms with van der Waals surface area (Å²) in [7, 11) is 1.63. The first-order chi connectivity index (χ1) is 14.7. The molecule has 1 fully saturated rings. The number of aromatic nitrogens is 1. The number of morpholine rings is 1. The number of ether oxygens (including phenoxy) is 3. The molecule has 1 aliphatic rings. The van der Waals surface area contributed by atoms with Crippen molar-refractivity contribution in [3.05, 3.63) is 78.5 Å². The number of methoxy groups -OCH3 is 1. The second-order valence-corrected chi connectivity index (χ2v) is 7.03. The van der Waals surface area contributed by atoms with E-state index in [4.69, 9.17) is 14.2 Å². The third-order valence-electron chi connectivity index (χ3n) is 5.03. The van der Waals surface area contributed by atoms with Gasteiger partial charge in [-0.3, -0.25) is 9.78 Å². The van der Waals surface area contributed by atoms with Crippen LogP contribution in [0.2, 0.25) is 0 Å². The summed E-state index contributed by atoms with van der Waals surface area (Å²) in [5.41, 5.74) is 2.80. The van der Waals surface area contributed by atoms with Crippen molar-refractivity contribution in [2.75, 3.05) is 33.5 Å². The maximum Gasteiger partial charge on any atom is 0.249 e. The largest absolute Gasteiger partial charge is 0.457 e. The molecule has 3 aromatic rings. The standard InChI is InChI=1S/C24H24N2O4/c1-28-14-13-26-23(16-29-17-24(26)27)19-9-12-22(25-15-19)18-7-10-21(11-8-18)30-20-5-3-2-4-6-20/h2-12,15,23H,13-14,16-17H2,1H3. The molecule has 2 aromatic carbocycles. The molecule has 1 saturated heterocycles. The highest BCUT2D eigenvalue weighted by Crippen LogP contribution is 2.28. The van der Waals surface area contributed by atoms with Gasteiger partial charge < -0.3 is 19.1 Å². The Morgan fingerprint density at radius 3 is 2.50 bits per heavy atom. The first-order valence-electron chi connectivity index (χ1n) is 9.90. The van der Waals surface area contributed by atoms with Gasteiger partial charge in [0, 0.05) is 25.4 Å². The lowest BCUT2D eigenvalue weighted by atomic mass is 10.0. The van der Waals surface area contributed by atoms with Gasteiger partial charge in [-0.2, -0.15) is 0 Å². The molecule has 2 heterocycles. The molecule has 1 unspecified atom stereocenters. The van der Waals surface area contributed by atoms with Crippen LogP contribution in [-0.4, -0.2) is 49.3 Å². The van der Waals surface area contributed by atoms with Crippen molar-refractivity contribution in [3.8, 4) is 22.8 Å². The van der Waals surface area contributed by atoms with Crippen molar-refractivity contribution in [2.24, 2.45) is 0 Å². The van der Waals surface area contributed by atoms with E-state index in [1.165, 1.54) is 0 Å². The van der Waals surface area contributed by atoms with Gasteiger partial charge in [0.1, 0.15) is 18.1 Å². The van der Waals surface area contributed by atoms with Gasteiger partial charge >= 0.3 is 0 Å². The Hall–Kier alpha value is -3.22. The van der Waals surface area contributed by atoms with Crippen LogP contribution in [0.1, 0.15) is 11.6 Å². The van der Waals surface area contributed by atoms with Crippen molar-refractivity contribution < 1.29 is 19.0 Å². The average Bonchev–Trinajstić information content (AvgIpc) is 2.79. The van der Waals surface area contributed by atoms with E-state index in [0.717, 1.165) is 28.3 Å². The number of carbonyl (C=O) groups excluding carboxylic acids is 1. The van der Waals surface area contributed by atoms with E-state index in [-0.39, 0.29) is 18.6 Å². The van der Waals surface area contributed by atoms with Crippen LogP contribution in [0.4, 0.5) is 0 Å². The monoisotopic (exact) mass is 404 g/mol. The number of hydrogen-bond acceptors (Lipinski definition) is 5. The molecule has 0 saturated carbocycles. The molecular weight excluding hydrogens is 380 g/mol. The molecule has 0 spiro atoms. The second kappa shape index (κ2) is 9.52. The smallest absolute Gasteiger partial charge is 0.249 e. The Balaban J connectivity index is 1.47. The molecule has 154 valence electrons. The van der Waals surface area contributed by atoms with E-state index >= 15 is 0 Å². The zero-order valence-corrected chi connectivity index (χ0v) is 16.9. The summed E-state index contributed by atoms with van der Waals surface area (Å²) in [6.45, 7) is 1.60. The van der Waals surface area contributed by atoms with E-state index in [1.807, 2.05) is 72.9 Å². The molecule has 1 aliphatic heterocycles. The van der Waals surface area contributed by atoms with Crippen molar-refractivity contribution >= 4 is 5.91 Å². The number of hydrogen-bond donors (Lipinski definition) is 0. The highest BCUT2D eigenvalue weighted by atomic mass is 16.5. The zero-order valence-electron chi connectivity index (χ0n) is 16.9. The van der Waals surface area contributed by atoms with Gasteiger partial charge in [-0.25, -0.2) is 0 Å². The number of benzene rings is 2. The maximum atomic E-state index is 12.2. The molecule has 1 aromatic heterocycles. The summed E-state index contributed by atoms with van der Waals surface area (Å²) in [4.78, 5) is 18.7. The highest BCUT2D eigenvalue weighted by Gasteiger charge is 2.29. The van der Waals surface area contributed by atoms with Crippen molar-refractivity contribution in [2.45, 2.75) is 6.04 Å². The molecule has 6 heteroatoms. The molecule has 0 aliphatic carbocycles. The summed E-state index contributed by atoms with van der Waals surface area (Å²) >= 11 is 0. The van der Waals surface area contributed by atoms with Gasteiger partial charge in [-0.1, -0.05) is 24.3 Å². The van der Waals surface area contributed by atoms with E-state index in [0.29, 0.717) is 19.8 Å². The van der Waals surface area contributed by atoms with Gasteiger partial charge in [-0.05, 0) is 48.0 Å². The molecule has 0 radical (unpaired) electrons. The number of amides is 1. The number of pyridine rings is 1. The lowest BCUT2D eigenvalue weighted by Crippen LogP contribution is -2.45. The van der Waals surface area contributed by atoms with E-state index < -0.39 is 0 Å². The molecule has 1 atom stereocenters. The number of para-hydroxylation sites is 1. The van der Waals surface area contributed by atoms with E-state index in [2.05, 4.69) is 4.98 Å². The fourth-order valence-electron chi connectivity index (χ4n) is 3.44. The van der Waals surface area contributed by atoms with Crippen LogP contribution in [-0.2, 0) is 14.3 Å². The van der Waals surface area contributed by atoms with Crippen LogP contribution >= 0.6 is 0 Å². The van der Waals surface area contributed by atoms with Crippen molar-refractivity contribution in [1.82, 2.24) is 9.88 Å². The zero-order chi connectivity index (χ0) is 20.8. The van der Waals surface area contributed by atoms with Crippen LogP contribution in [0.3, 0.4) is 0 Å². The molecule has 0 N–H and O–H groups in total. The van der Waals surface area contributed by atoms with Crippen LogP contribution in [0, 0.1) is 0 Å². The minimum atomic E-state index is -0.149. The van der Waals surface area contributed by atoms with Crippen LogP contribution in [0.15, 0.2) is 72.9 Å². The fraction of sp³-hybridized carbons (Fsp3) is 0.250. The normalized spacial score (nSPS) is 16.5. The predicted octanol–water partition coefficient (Wildman–Crippen LogP) is 4.09. The average molecular weight is 404 g/mol. The van der Waals surface area contributed by atoms with Gasteiger partial charge in [0.15, 0.2) is 0 Å². The lowest BCUT2D eigenvalue weighted by molar-refractivity contribution is -0.149. The maximum absolute atomic E-state index is 12.2. The van der Waals surface area contributed by atoms with Crippen molar-refractivity contribution in [1.29, 1.82) is 0 Å². The summed E-state index contributed by atoms with van der Waals surface area (Å²) in [6.07, 6.45) is 1.82. The Kier molecular flexibility index (Phi) is 6.37. The summed E-state index contributed by atoms with van der Waals surface area (Å²) < 4.78 is 16.4. The lowest BCUT2D eigenvalue weighted by Gasteiger charge is -2.35. The first kappa shape index (κ1) is 20.1. The Labute approximate surface area is 176 Å². The van der Waals surface area contributed by atoms with Gasteiger partial charge in [0.2, 0.25) is 5.91 Å². The quantitative estimate of drug-likeness (QED) is 0.594. The molecule has 1 amide bonds. The minimum absolute atomic E-state index is 0.0265. The number of rotatable bonds is 7. The van der Waals surface area contributed by atoms with E-state index in [9.17, 15) is 4.79 Å². The molecular formula is C24H24N2O4. The van der Waals surface area contributed by atoms with Gasteiger partial charge in [-0.15, -0.1) is 0 Å². The molecule has 30 heavy (non-hydrogen) atoms. The topological polar surface area (TPSA) is 60.9 Å². The third-order valence-corrected chi connectivity index (χ3v) is 5.03. The minimum Gasteiger partial charge on any atom is -0.457 e. The number of carbonyl (C=O) groups is 1. The molecule has 0 bridgehead atoms. The Morgan fingerprint density at radius 1 is 1.03 bits per heavy atom.